The number of benzene rings is 1. The number of anilines is 1. The second-order valence-corrected chi connectivity index (χ2v) is 5.98. The summed E-state index contributed by atoms with van der Waals surface area (Å²) in [5.41, 5.74) is -0.489. The van der Waals surface area contributed by atoms with E-state index >= 15 is 0 Å². The van der Waals surface area contributed by atoms with Crippen LogP contribution in [0.25, 0.3) is 10.8 Å². The molecule has 9 heteroatoms. The zero-order valence-corrected chi connectivity index (χ0v) is 13.1. The van der Waals surface area contributed by atoms with Gasteiger partial charge in [-0.05, 0) is 25.1 Å². The minimum Gasteiger partial charge on any atom is -0.462 e. The highest BCUT2D eigenvalue weighted by Gasteiger charge is 2.20. The molecule has 0 fully saturated rings. The van der Waals surface area contributed by atoms with Gasteiger partial charge in [-0.25, -0.2) is 9.37 Å². The van der Waals surface area contributed by atoms with Crippen LogP contribution >= 0.6 is 11.3 Å². The third-order valence-corrected chi connectivity index (χ3v) is 4.14. The Morgan fingerprint density at radius 1 is 1.42 bits per heavy atom. The van der Waals surface area contributed by atoms with E-state index in [0.29, 0.717) is 15.6 Å². The third-order valence-electron chi connectivity index (χ3n) is 3.15. The minimum atomic E-state index is -0.770. The van der Waals surface area contributed by atoms with Crippen LogP contribution in [0, 0.1) is 22.9 Å². The van der Waals surface area contributed by atoms with Crippen molar-refractivity contribution in [1.29, 1.82) is 0 Å². The number of aryl methyl sites for hydroxylation is 1. The van der Waals surface area contributed by atoms with Gasteiger partial charge in [-0.2, -0.15) is 0 Å². The highest BCUT2D eigenvalue weighted by atomic mass is 32.1. The number of nitrogens with zero attached hydrogens (tertiary/aromatic N) is 2. The van der Waals surface area contributed by atoms with Gasteiger partial charge in [-0.15, -0.1) is 11.3 Å². The van der Waals surface area contributed by atoms with Gasteiger partial charge in [0.15, 0.2) is 10.8 Å². The number of nitro groups is 1. The van der Waals surface area contributed by atoms with Crippen LogP contribution in [0.15, 0.2) is 41.0 Å². The second kappa shape index (κ2) is 6.20. The quantitative estimate of drug-likeness (QED) is 0.568. The zero-order valence-electron chi connectivity index (χ0n) is 12.3. The monoisotopic (exact) mass is 347 g/mol. The molecule has 1 aromatic carbocycles. The number of furan rings is 1. The van der Waals surface area contributed by atoms with Crippen molar-refractivity contribution in [3.05, 3.63) is 63.1 Å². The number of nitrogens with one attached hydrogen (secondary N) is 1. The van der Waals surface area contributed by atoms with Gasteiger partial charge < -0.3 is 9.73 Å². The molecule has 0 unspecified atom stereocenters. The average Bonchev–Trinajstić information content (AvgIpc) is 3.18. The number of amides is 1. The van der Waals surface area contributed by atoms with Crippen molar-refractivity contribution in [2.45, 2.75) is 6.92 Å². The van der Waals surface area contributed by atoms with Crippen molar-refractivity contribution in [3.8, 4) is 10.8 Å². The van der Waals surface area contributed by atoms with Crippen molar-refractivity contribution in [3.63, 3.8) is 0 Å². The first-order valence-electron chi connectivity index (χ1n) is 6.72. The smallest absolute Gasteiger partial charge is 0.275 e. The van der Waals surface area contributed by atoms with Gasteiger partial charge in [0.05, 0.1) is 16.9 Å². The number of carbonyl (C=O) groups excluding carboxylic acids is 1. The molecule has 3 aromatic rings. The van der Waals surface area contributed by atoms with E-state index < -0.39 is 16.6 Å². The van der Waals surface area contributed by atoms with E-state index in [4.69, 9.17) is 4.42 Å². The first-order valence-corrected chi connectivity index (χ1v) is 7.54. The Labute approximate surface area is 138 Å². The van der Waals surface area contributed by atoms with E-state index in [9.17, 15) is 19.3 Å². The maximum Gasteiger partial charge on any atom is 0.275 e. The SMILES string of the molecule is Cc1sc(-c2ccco2)nc1C(=O)Nc1cc([N+](=O)[O-])ccc1F. The summed E-state index contributed by atoms with van der Waals surface area (Å²) in [5.74, 6) is -0.905. The van der Waals surface area contributed by atoms with E-state index in [-0.39, 0.29) is 17.1 Å². The number of aromatic nitrogens is 1. The summed E-state index contributed by atoms with van der Waals surface area (Å²) in [6.45, 7) is 1.70. The maximum atomic E-state index is 13.8. The Hall–Kier alpha value is -3.07. The molecule has 0 aliphatic carbocycles. The van der Waals surface area contributed by atoms with Gasteiger partial charge in [0.25, 0.3) is 11.6 Å². The molecule has 0 radical (unpaired) electrons. The molecule has 0 bridgehead atoms. The highest BCUT2D eigenvalue weighted by molar-refractivity contribution is 7.15. The van der Waals surface area contributed by atoms with Crippen LogP contribution in [-0.2, 0) is 0 Å². The predicted octanol–water partition coefficient (Wildman–Crippen LogP) is 4.01. The van der Waals surface area contributed by atoms with Gasteiger partial charge in [0.2, 0.25) is 0 Å². The molecule has 2 heterocycles. The van der Waals surface area contributed by atoms with Crippen LogP contribution in [0.2, 0.25) is 0 Å². The van der Waals surface area contributed by atoms with Crippen LogP contribution in [0.1, 0.15) is 15.4 Å². The Balaban J connectivity index is 1.88. The van der Waals surface area contributed by atoms with E-state index in [2.05, 4.69) is 10.3 Å². The predicted molar refractivity (Wildman–Crippen MR) is 85.6 cm³/mol. The second-order valence-electron chi connectivity index (χ2n) is 4.78. The van der Waals surface area contributed by atoms with Crippen LogP contribution < -0.4 is 5.32 Å². The van der Waals surface area contributed by atoms with Crippen molar-refractivity contribution >= 4 is 28.6 Å². The summed E-state index contributed by atoms with van der Waals surface area (Å²) in [4.78, 5) is 27.2. The largest absolute Gasteiger partial charge is 0.462 e. The molecule has 3 rings (SSSR count). The fraction of sp³-hybridized carbons (Fsp3) is 0.0667. The fourth-order valence-electron chi connectivity index (χ4n) is 2.02. The normalized spacial score (nSPS) is 10.6. The van der Waals surface area contributed by atoms with E-state index in [1.165, 1.54) is 17.6 Å². The summed E-state index contributed by atoms with van der Waals surface area (Å²) >= 11 is 1.26. The molecule has 0 spiro atoms. The summed E-state index contributed by atoms with van der Waals surface area (Å²) in [6.07, 6.45) is 1.49. The van der Waals surface area contributed by atoms with Crippen molar-refractivity contribution in [2.75, 3.05) is 5.32 Å². The van der Waals surface area contributed by atoms with E-state index in [1.54, 1.807) is 19.1 Å². The molecule has 0 atom stereocenters. The molecule has 1 amide bonds. The van der Waals surface area contributed by atoms with Gasteiger partial charge in [-0.3, -0.25) is 14.9 Å². The first-order chi connectivity index (χ1) is 11.5. The van der Waals surface area contributed by atoms with E-state index in [1.807, 2.05) is 0 Å². The van der Waals surface area contributed by atoms with Crippen LogP contribution in [-0.4, -0.2) is 15.8 Å². The molecule has 122 valence electrons. The highest BCUT2D eigenvalue weighted by Crippen LogP contribution is 2.29. The first kappa shape index (κ1) is 15.8. The molecule has 0 aliphatic heterocycles. The van der Waals surface area contributed by atoms with Crippen LogP contribution in [0.5, 0.6) is 0 Å². The molecule has 0 aliphatic rings. The number of non-ortho nitro benzene ring substituents is 1. The molecular formula is C15H10FN3O4S. The third kappa shape index (κ3) is 3.01. The number of rotatable bonds is 4. The molecule has 1 N–H and O–H groups in total. The number of thiazole rings is 1. The Morgan fingerprint density at radius 2 is 2.21 bits per heavy atom. The number of nitro benzene ring substituents is 1. The minimum absolute atomic E-state index is 0.109. The maximum absolute atomic E-state index is 13.8. The Bertz CT molecular complexity index is 921. The molecular weight excluding hydrogens is 337 g/mol. The lowest BCUT2D eigenvalue weighted by Gasteiger charge is -2.05. The zero-order chi connectivity index (χ0) is 17.3. The van der Waals surface area contributed by atoms with E-state index in [0.717, 1.165) is 18.2 Å². The van der Waals surface area contributed by atoms with Gasteiger partial charge in [-0.1, -0.05) is 0 Å². The van der Waals surface area contributed by atoms with Gasteiger partial charge in [0.1, 0.15) is 11.5 Å². The molecule has 2 aromatic heterocycles. The van der Waals surface area contributed by atoms with Crippen molar-refractivity contribution in [2.24, 2.45) is 0 Å². The summed E-state index contributed by atoms with van der Waals surface area (Å²) in [6, 6.07) is 6.32. The molecule has 0 saturated heterocycles. The molecule has 7 nitrogen and oxygen atoms in total. The lowest BCUT2D eigenvalue weighted by molar-refractivity contribution is -0.384. The fourth-order valence-corrected chi connectivity index (χ4v) is 2.90. The summed E-state index contributed by atoms with van der Waals surface area (Å²) in [7, 11) is 0. The van der Waals surface area contributed by atoms with Crippen LogP contribution in [0.4, 0.5) is 15.8 Å². The number of hydrogen-bond acceptors (Lipinski definition) is 6. The standard InChI is InChI=1S/C15H10FN3O4S/c1-8-13(18-15(24-8)12-3-2-6-23-12)14(20)17-11-7-9(19(21)22)4-5-10(11)16/h2-7H,1H3,(H,17,20). The van der Waals surface area contributed by atoms with Gasteiger partial charge in [0, 0.05) is 17.0 Å². The Kier molecular flexibility index (Phi) is 4.09. The number of hydrogen-bond donors (Lipinski definition) is 1. The summed E-state index contributed by atoms with van der Waals surface area (Å²) in [5, 5.41) is 13.6. The molecule has 24 heavy (non-hydrogen) atoms. The topological polar surface area (TPSA) is 98.3 Å². The van der Waals surface area contributed by atoms with Crippen molar-refractivity contribution in [1.82, 2.24) is 4.98 Å². The van der Waals surface area contributed by atoms with Crippen LogP contribution in [0.3, 0.4) is 0 Å². The lowest BCUT2D eigenvalue weighted by atomic mass is 10.2. The number of carbonyl (C=O) groups is 1. The molecule has 0 saturated carbocycles. The Morgan fingerprint density at radius 3 is 2.88 bits per heavy atom. The van der Waals surface area contributed by atoms with Gasteiger partial charge >= 0.3 is 0 Å². The summed E-state index contributed by atoms with van der Waals surface area (Å²) < 4.78 is 19.0. The lowest BCUT2D eigenvalue weighted by Crippen LogP contribution is -2.14. The average molecular weight is 347 g/mol. The van der Waals surface area contributed by atoms with Crippen molar-refractivity contribution < 1.29 is 18.5 Å². The number of halogens is 1.